The van der Waals surface area contributed by atoms with E-state index in [-0.39, 0.29) is 17.9 Å². The molecule has 0 spiro atoms. The van der Waals surface area contributed by atoms with E-state index in [0.717, 1.165) is 44.9 Å². The molecule has 3 nitrogen and oxygen atoms in total. The molecule has 0 heterocycles. The van der Waals surface area contributed by atoms with Crippen molar-refractivity contribution >= 4 is 11.9 Å². The van der Waals surface area contributed by atoms with Gasteiger partial charge in [0.2, 0.25) is 0 Å². The van der Waals surface area contributed by atoms with Crippen LogP contribution in [0.1, 0.15) is 162 Å². The Balaban J connectivity index is 4.21. The summed E-state index contributed by atoms with van der Waals surface area (Å²) in [4.78, 5) is 24.7. The topological polar surface area (TPSA) is 43.4 Å². The molecule has 0 saturated heterocycles. The summed E-state index contributed by atoms with van der Waals surface area (Å²) in [6, 6.07) is 0. The first kappa shape index (κ1) is 30.1. The second-order valence-electron chi connectivity index (χ2n) is 9.47. The van der Waals surface area contributed by atoms with Gasteiger partial charge in [-0.2, -0.15) is 0 Å². The number of carbonyl (C=O) groups is 2. The van der Waals surface area contributed by atoms with Crippen molar-refractivity contribution in [3.05, 3.63) is 0 Å². The second-order valence-corrected chi connectivity index (χ2v) is 9.47. The first-order valence-corrected chi connectivity index (χ1v) is 13.9. The lowest BCUT2D eigenvalue weighted by atomic mass is 9.94. The fraction of sp³-hybridized carbons (Fsp3) is 0.929. The van der Waals surface area contributed by atoms with E-state index < -0.39 is 0 Å². The number of esters is 2. The normalized spacial score (nSPS) is 12.1. The predicted octanol–water partition coefficient (Wildman–Crippen LogP) is 9.31. The number of rotatable bonds is 23. The molecule has 0 aromatic heterocycles. The molecule has 0 aliphatic rings. The second kappa shape index (κ2) is 23.8. The lowest BCUT2D eigenvalue weighted by molar-refractivity contribution is -0.163. The van der Waals surface area contributed by atoms with Crippen LogP contribution in [0, 0.1) is 5.92 Å². The summed E-state index contributed by atoms with van der Waals surface area (Å²) in [6.07, 6.45) is 25.1. The van der Waals surface area contributed by atoms with E-state index in [2.05, 4.69) is 20.8 Å². The number of ether oxygens (including phenoxy) is 1. The molecular weight excluding hydrogens is 384 g/mol. The van der Waals surface area contributed by atoms with Crippen molar-refractivity contribution in [2.75, 3.05) is 0 Å². The van der Waals surface area contributed by atoms with Crippen LogP contribution in [0.2, 0.25) is 0 Å². The SMILES string of the molecule is CCCCCCCCCCC(CCCCCCCC)C(=O)OC(=O)CCCCCCC. The molecule has 1 atom stereocenters. The summed E-state index contributed by atoms with van der Waals surface area (Å²) in [5.41, 5.74) is 0. The van der Waals surface area contributed by atoms with Crippen molar-refractivity contribution < 1.29 is 14.3 Å². The zero-order valence-electron chi connectivity index (χ0n) is 21.4. The molecule has 31 heavy (non-hydrogen) atoms. The monoisotopic (exact) mass is 438 g/mol. The van der Waals surface area contributed by atoms with E-state index in [1.165, 1.54) is 89.9 Å². The average molecular weight is 439 g/mol. The van der Waals surface area contributed by atoms with Gasteiger partial charge in [-0.05, 0) is 19.3 Å². The molecule has 0 radical (unpaired) electrons. The van der Waals surface area contributed by atoms with Crippen LogP contribution in [-0.4, -0.2) is 11.9 Å². The Morgan fingerprint density at radius 2 is 0.871 bits per heavy atom. The maximum absolute atomic E-state index is 12.7. The lowest BCUT2D eigenvalue weighted by Gasteiger charge is -2.15. The number of hydrogen-bond acceptors (Lipinski definition) is 3. The smallest absolute Gasteiger partial charge is 0.316 e. The van der Waals surface area contributed by atoms with Gasteiger partial charge in [0, 0.05) is 6.42 Å². The molecule has 0 rings (SSSR count). The predicted molar refractivity (Wildman–Crippen MR) is 133 cm³/mol. The van der Waals surface area contributed by atoms with Crippen LogP contribution < -0.4 is 0 Å². The molecular formula is C28H54O3. The van der Waals surface area contributed by atoms with Crippen LogP contribution >= 0.6 is 0 Å². The van der Waals surface area contributed by atoms with Gasteiger partial charge >= 0.3 is 11.9 Å². The minimum absolute atomic E-state index is 0.0877. The fourth-order valence-corrected chi connectivity index (χ4v) is 4.20. The molecule has 0 aromatic carbocycles. The van der Waals surface area contributed by atoms with Crippen LogP contribution in [0.25, 0.3) is 0 Å². The van der Waals surface area contributed by atoms with Gasteiger partial charge in [0.1, 0.15) is 0 Å². The summed E-state index contributed by atoms with van der Waals surface area (Å²) < 4.78 is 5.26. The maximum atomic E-state index is 12.7. The molecule has 0 saturated carbocycles. The summed E-state index contributed by atoms with van der Waals surface area (Å²) in [5, 5.41) is 0. The Hall–Kier alpha value is -0.860. The Kier molecular flexibility index (Phi) is 23.1. The van der Waals surface area contributed by atoms with E-state index in [4.69, 9.17) is 4.74 Å². The zero-order chi connectivity index (χ0) is 23.0. The maximum Gasteiger partial charge on any atom is 0.316 e. The van der Waals surface area contributed by atoms with Crippen molar-refractivity contribution in [3.8, 4) is 0 Å². The van der Waals surface area contributed by atoms with Crippen molar-refractivity contribution in [1.29, 1.82) is 0 Å². The molecule has 0 aromatic rings. The summed E-state index contributed by atoms with van der Waals surface area (Å²) in [7, 11) is 0. The molecule has 0 aliphatic carbocycles. The van der Waals surface area contributed by atoms with Gasteiger partial charge in [-0.1, -0.05) is 136 Å². The summed E-state index contributed by atoms with van der Waals surface area (Å²) >= 11 is 0. The molecule has 184 valence electrons. The lowest BCUT2D eigenvalue weighted by Crippen LogP contribution is -2.21. The van der Waals surface area contributed by atoms with Gasteiger partial charge < -0.3 is 4.74 Å². The fourth-order valence-electron chi connectivity index (χ4n) is 4.20. The molecule has 1 unspecified atom stereocenters. The minimum Gasteiger partial charge on any atom is -0.393 e. The van der Waals surface area contributed by atoms with E-state index in [1.54, 1.807) is 0 Å². The summed E-state index contributed by atoms with van der Waals surface area (Å²) in [5.74, 6) is -0.657. The largest absolute Gasteiger partial charge is 0.393 e. The van der Waals surface area contributed by atoms with Crippen molar-refractivity contribution in [2.45, 2.75) is 162 Å². The molecule has 0 fully saturated rings. The standard InChI is InChI=1S/C28H54O3/c1-4-7-10-13-15-16-19-21-24-26(23-20-18-14-11-8-5-2)28(30)31-27(29)25-22-17-12-9-6-3/h26H,4-25H2,1-3H3. The van der Waals surface area contributed by atoms with Gasteiger partial charge in [0.15, 0.2) is 0 Å². The minimum atomic E-state index is -0.314. The highest BCUT2D eigenvalue weighted by Gasteiger charge is 2.22. The Morgan fingerprint density at radius 1 is 0.516 bits per heavy atom. The Bertz CT molecular complexity index is 405. The molecule has 3 heteroatoms. The van der Waals surface area contributed by atoms with Gasteiger partial charge in [-0.15, -0.1) is 0 Å². The van der Waals surface area contributed by atoms with Crippen LogP contribution in [0.4, 0.5) is 0 Å². The highest BCUT2D eigenvalue weighted by molar-refractivity contribution is 5.86. The van der Waals surface area contributed by atoms with E-state index in [1.807, 2.05) is 0 Å². The summed E-state index contributed by atoms with van der Waals surface area (Å²) in [6.45, 7) is 6.67. The van der Waals surface area contributed by atoms with Crippen LogP contribution in [-0.2, 0) is 14.3 Å². The van der Waals surface area contributed by atoms with Crippen LogP contribution in [0.15, 0.2) is 0 Å². The third kappa shape index (κ3) is 20.8. The zero-order valence-corrected chi connectivity index (χ0v) is 21.4. The van der Waals surface area contributed by atoms with Crippen molar-refractivity contribution in [3.63, 3.8) is 0 Å². The first-order valence-electron chi connectivity index (χ1n) is 13.9. The Morgan fingerprint density at radius 3 is 1.29 bits per heavy atom. The van der Waals surface area contributed by atoms with Gasteiger partial charge in [0.05, 0.1) is 5.92 Å². The first-order chi connectivity index (χ1) is 15.2. The van der Waals surface area contributed by atoms with Crippen LogP contribution in [0.3, 0.4) is 0 Å². The highest BCUT2D eigenvalue weighted by atomic mass is 16.6. The third-order valence-electron chi connectivity index (χ3n) is 6.34. The third-order valence-corrected chi connectivity index (χ3v) is 6.34. The highest BCUT2D eigenvalue weighted by Crippen LogP contribution is 2.21. The quantitative estimate of drug-likeness (QED) is 0.0906. The van der Waals surface area contributed by atoms with Gasteiger partial charge in [0.25, 0.3) is 0 Å². The van der Waals surface area contributed by atoms with E-state index >= 15 is 0 Å². The van der Waals surface area contributed by atoms with Crippen LogP contribution in [0.5, 0.6) is 0 Å². The van der Waals surface area contributed by atoms with Crippen molar-refractivity contribution in [2.24, 2.45) is 5.92 Å². The van der Waals surface area contributed by atoms with E-state index in [0.29, 0.717) is 6.42 Å². The number of carbonyl (C=O) groups excluding carboxylic acids is 2. The molecule has 0 N–H and O–H groups in total. The Labute approximate surface area is 194 Å². The van der Waals surface area contributed by atoms with E-state index in [9.17, 15) is 9.59 Å². The molecule has 0 amide bonds. The average Bonchev–Trinajstić information content (AvgIpc) is 2.76. The number of unbranched alkanes of at least 4 members (excludes halogenated alkanes) is 16. The number of hydrogen-bond donors (Lipinski definition) is 0. The molecule has 0 bridgehead atoms. The van der Waals surface area contributed by atoms with Crippen molar-refractivity contribution in [1.82, 2.24) is 0 Å². The van der Waals surface area contributed by atoms with Gasteiger partial charge in [-0.3, -0.25) is 9.59 Å². The molecule has 0 aliphatic heterocycles. The van der Waals surface area contributed by atoms with Gasteiger partial charge in [-0.25, -0.2) is 0 Å².